The van der Waals surface area contributed by atoms with Crippen LogP contribution >= 0.6 is 0 Å². The number of hydrogen-bond donors (Lipinski definition) is 0. The van der Waals surface area contributed by atoms with Gasteiger partial charge in [0.15, 0.2) is 5.65 Å². The zero-order valence-corrected chi connectivity index (χ0v) is 16.5. The van der Waals surface area contributed by atoms with Crippen molar-refractivity contribution in [3.05, 3.63) is 52.6 Å². The maximum Gasteiger partial charge on any atom is 0.330 e. The highest BCUT2D eigenvalue weighted by Crippen LogP contribution is 2.32. The molecular formula is C21H24N6O2. The fraction of sp³-hybridized carbons (Fsp3) is 0.476. The highest BCUT2D eigenvalue weighted by atomic mass is 16.2. The Morgan fingerprint density at radius 2 is 2.03 bits per heavy atom. The molecule has 150 valence electrons. The molecule has 0 N–H and O–H groups in total. The van der Waals surface area contributed by atoms with E-state index in [1.54, 1.807) is 21.9 Å². The van der Waals surface area contributed by atoms with Crippen LogP contribution in [0.15, 0.2) is 35.5 Å². The number of piperidine rings is 1. The van der Waals surface area contributed by atoms with Crippen molar-refractivity contribution in [3.8, 4) is 0 Å². The number of rotatable bonds is 4. The van der Waals surface area contributed by atoms with Gasteiger partial charge < -0.3 is 4.90 Å². The van der Waals surface area contributed by atoms with Gasteiger partial charge in [0.05, 0.1) is 23.4 Å². The summed E-state index contributed by atoms with van der Waals surface area (Å²) in [6, 6.07) is 3.76. The number of pyridine rings is 1. The van der Waals surface area contributed by atoms with Crippen molar-refractivity contribution in [1.82, 2.24) is 29.0 Å². The maximum atomic E-state index is 13.3. The van der Waals surface area contributed by atoms with Crippen molar-refractivity contribution in [2.45, 2.75) is 45.2 Å². The second kappa shape index (κ2) is 7.09. The van der Waals surface area contributed by atoms with E-state index >= 15 is 0 Å². The molecule has 0 aromatic carbocycles. The summed E-state index contributed by atoms with van der Waals surface area (Å²) >= 11 is 0. The Kier molecular flexibility index (Phi) is 4.41. The summed E-state index contributed by atoms with van der Waals surface area (Å²) in [5, 5.41) is 0. The maximum absolute atomic E-state index is 13.3. The predicted molar refractivity (Wildman–Crippen MR) is 108 cm³/mol. The van der Waals surface area contributed by atoms with Crippen molar-refractivity contribution in [2.75, 3.05) is 13.1 Å². The largest absolute Gasteiger partial charge is 0.335 e. The summed E-state index contributed by atoms with van der Waals surface area (Å²) in [4.78, 5) is 40.9. The lowest BCUT2D eigenvalue weighted by Crippen LogP contribution is -2.43. The van der Waals surface area contributed by atoms with Crippen LogP contribution in [0.2, 0.25) is 0 Å². The van der Waals surface area contributed by atoms with Crippen LogP contribution in [0.25, 0.3) is 11.2 Å². The van der Waals surface area contributed by atoms with Crippen LogP contribution in [0.3, 0.4) is 0 Å². The zero-order valence-electron chi connectivity index (χ0n) is 16.5. The lowest BCUT2D eigenvalue weighted by molar-refractivity contribution is 0.0672. The van der Waals surface area contributed by atoms with E-state index in [-0.39, 0.29) is 17.6 Å². The number of aryl methyl sites for hydroxylation is 1. The Hall–Kier alpha value is -3.03. The zero-order chi connectivity index (χ0) is 20.0. The van der Waals surface area contributed by atoms with E-state index in [0.717, 1.165) is 30.6 Å². The predicted octanol–water partition coefficient (Wildman–Crippen LogP) is 2.18. The van der Waals surface area contributed by atoms with Gasteiger partial charge in [0.1, 0.15) is 5.69 Å². The summed E-state index contributed by atoms with van der Waals surface area (Å²) in [5.74, 6) is 0.460. The number of fused-ring (bicyclic) bond motifs is 1. The van der Waals surface area contributed by atoms with Gasteiger partial charge in [0.25, 0.3) is 5.91 Å². The van der Waals surface area contributed by atoms with Gasteiger partial charge in [0, 0.05) is 32.0 Å². The first-order valence-electron chi connectivity index (χ1n) is 10.3. The molecule has 1 aliphatic heterocycles. The number of amides is 1. The molecule has 0 bridgehead atoms. The van der Waals surface area contributed by atoms with Crippen LogP contribution in [0, 0.1) is 12.8 Å². The molecule has 3 aromatic heterocycles. The first-order chi connectivity index (χ1) is 14.1. The molecule has 4 heterocycles. The van der Waals surface area contributed by atoms with E-state index in [2.05, 4.69) is 15.0 Å². The molecule has 2 fully saturated rings. The molecule has 2 aliphatic rings. The Morgan fingerprint density at radius 3 is 2.79 bits per heavy atom. The summed E-state index contributed by atoms with van der Waals surface area (Å²) in [6.07, 6.45) is 8.91. The Labute approximate surface area is 168 Å². The molecule has 8 nitrogen and oxygen atoms in total. The molecule has 1 saturated heterocycles. The molecule has 1 aliphatic carbocycles. The number of hydrogen-bond acceptors (Lipinski definition) is 5. The van der Waals surface area contributed by atoms with Gasteiger partial charge in [-0.25, -0.2) is 14.8 Å². The van der Waals surface area contributed by atoms with Gasteiger partial charge in [-0.3, -0.25) is 18.9 Å². The van der Waals surface area contributed by atoms with E-state index in [9.17, 15) is 9.59 Å². The molecule has 1 amide bonds. The number of nitrogens with zero attached hydrogens (tertiary/aromatic N) is 6. The SMILES string of the molecule is Cc1cnc(C(=O)N2CCC[C@H](n3c(=O)n(CC4CC4)c4cccnc43)C2)cn1. The highest BCUT2D eigenvalue weighted by Gasteiger charge is 2.31. The lowest BCUT2D eigenvalue weighted by atomic mass is 10.1. The van der Waals surface area contributed by atoms with E-state index in [1.165, 1.54) is 19.0 Å². The van der Waals surface area contributed by atoms with E-state index in [1.807, 2.05) is 23.6 Å². The van der Waals surface area contributed by atoms with E-state index < -0.39 is 0 Å². The smallest absolute Gasteiger partial charge is 0.330 e. The Balaban J connectivity index is 1.47. The Morgan fingerprint density at radius 1 is 1.17 bits per heavy atom. The first-order valence-corrected chi connectivity index (χ1v) is 10.3. The first kappa shape index (κ1) is 18.0. The van der Waals surface area contributed by atoms with Gasteiger partial charge in [-0.15, -0.1) is 0 Å². The molecule has 1 saturated carbocycles. The third-order valence-electron chi connectivity index (χ3n) is 5.91. The van der Waals surface area contributed by atoms with Crippen molar-refractivity contribution < 1.29 is 4.79 Å². The molecular weight excluding hydrogens is 368 g/mol. The standard InChI is InChI=1S/C21H24N6O2/c1-14-10-24-17(11-23-14)20(28)25-9-3-4-16(13-25)27-19-18(5-2-8-22-19)26(21(27)29)12-15-6-7-15/h2,5,8,10-11,15-16H,3-4,6-7,9,12-13H2,1H3/t16-/m0/s1. The van der Waals surface area contributed by atoms with Crippen LogP contribution < -0.4 is 5.69 Å². The van der Waals surface area contributed by atoms with E-state index in [0.29, 0.717) is 30.3 Å². The van der Waals surface area contributed by atoms with Gasteiger partial charge >= 0.3 is 5.69 Å². The normalized spacial score (nSPS) is 19.6. The quantitative estimate of drug-likeness (QED) is 0.679. The second-order valence-electron chi connectivity index (χ2n) is 8.14. The molecule has 1 atom stereocenters. The van der Waals surface area contributed by atoms with Crippen molar-refractivity contribution in [2.24, 2.45) is 5.92 Å². The third-order valence-corrected chi connectivity index (χ3v) is 5.91. The minimum Gasteiger partial charge on any atom is -0.335 e. The molecule has 3 aromatic rings. The molecule has 0 unspecified atom stereocenters. The van der Waals surface area contributed by atoms with Crippen LogP contribution in [-0.4, -0.2) is 48.0 Å². The number of likely N-dealkylation sites (tertiary alicyclic amines) is 1. The second-order valence-corrected chi connectivity index (χ2v) is 8.14. The van der Waals surface area contributed by atoms with Gasteiger partial charge in [-0.1, -0.05) is 0 Å². The summed E-state index contributed by atoms with van der Waals surface area (Å²) in [7, 11) is 0. The summed E-state index contributed by atoms with van der Waals surface area (Å²) < 4.78 is 3.67. The summed E-state index contributed by atoms with van der Waals surface area (Å²) in [5.41, 5.74) is 2.71. The van der Waals surface area contributed by atoms with Crippen LogP contribution in [0.5, 0.6) is 0 Å². The van der Waals surface area contributed by atoms with Crippen molar-refractivity contribution in [1.29, 1.82) is 0 Å². The van der Waals surface area contributed by atoms with Gasteiger partial charge in [0.2, 0.25) is 0 Å². The molecule has 8 heteroatoms. The van der Waals surface area contributed by atoms with Crippen LogP contribution in [0.1, 0.15) is 47.9 Å². The molecule has 0 radical (unpaired) electrons. The van der Waals surface area contributed by atoms with Crippen molar-refractivity contribution in [3.63, 3.8) is 0 Å². The fourth-order valence-corrected chi connectivity index (χ4v) is 4.19. The molecule has 0 spiro atoms. The van der Waals surface area contributed by atoms with Gasteiger partial charge in [-0.05, 0) is 50.7 Å². The molecule has 5 rings (SSSR count). The minimum absolute atomic E-state index is 0.0139. The average Bonchev–Trinajstić information content (AvgIpc) is 3.52. The number of carbonyl (C=O) groups excluding carboxylic acids is 1. The van der Waals surface area contributed by atoms with Gasteiger partial charge in [-0.2, -0.15) is 0 Å². The highest BCUT2D eigenvalue weighted by molar-refractivity contribution is 5.92. The molecule has 29 heavy (non-hydrogen) atoms. The summed E-state index contributed by atoms with van der Waals surface area (Å²) in [6.45, 7) is 3.73. The average molecular weight is 392 g/mol. The minimum atomic E-state index is -0.134. The lowest BCUT2D eigenvalue weighted by Gasteiger charge is -2.32. The third kappa shape index (κ3) is 3.32. The van der Waals surface area contributed by atoms with Crippen LogP contribution in [0.4, 0.5) is 0 Å². The van der Waals surface area contributed by atoms with E-state index in [4.69, 9.17) is 0 Å². The Bertz CT molecular complexity index is 1110. The van der Waals surface area contributed by atoms with Crippen molar-refractivity contribution >= 4 is 17.1 Å². The number of carbonyl (C=O) groups is 1. The topological polar surface area (TPSA) is 85.9 Å². The number of imidazole rings is 1. The van der Waals surface area contributed by atoms with Crippen LogP contribution in [-0.2, 0) is 6.54 Å². The number of aromatic nitrogens is 5. The monoisotopic (exact) mass is 392 g/mol. The fourth-order valence-electron chi connectivity index (χ4n) is 4.19.